The average molecular weight is 382 g/mol. The monoisotopic (exact) mass is 382 g/mol. The summed E-state index contributed by atoms with van der Waals surface area (Å²) in [5, 5.41) is 8.82. The summed E-state index contributed by atoms with van der Waals surface area (Å²) in [5.74, 6) is 0.479. The van der Waals surface area contributed by atoms with Crippen LogP contribution in [0.5, 0.6) is 0 Å². The molecule has 0 radical (unpaired) electrons. The maximum atomic E-state index is 12.8. The van der Waals surface area contributed by atoms with Crippen molar-refractivity contribution >= 4 is 11.7 Å². The van der Waals surface area contributed by atoms with Gasteiger partial charge in [0.2, 0.25) is 5.91 Å². The van der Waals surface area contributed by atoms with Gasteiger partial charge < -0.3 is 14.5 Å². The van der Waals surface area contributed by atoms with Gasteiger partial charge in [-0.1, -0.05) is 0 Å². The Bertz CT molecular complexity index is 694. The van der Waals surface area contributed by atoms with E-state index in [0.29, 0.717) is 31.5 Å². The lowest BCUT2D eigenvalue weighted by molar-refractivity contribution is -0.218. The Morgan fingerprint density at radius 2 is 1.93 bits per heavy atom. The fourth-order valence-electron chi connectivity index (χ4n) is 3.50. The molecule has 0 N–H and O–H groups in total. The topological polar surface area (TPSA) is 69.5 Å². The first-order valence-corrected chi connectivity index (χ1v) is 8.96. The number of carbonyl (C=O) groups excluding carboxylic acids is 1. The van der Waals surface area contributed by atoms with Crippen LogP contribution in [0.3, 0.4) is 0 Å². The summed E-state index contributed by atoms with van der Waals surface area (Å²) in [6, 6.07) is 5.51. The minimum atomic E-state index is -4.39. The van der Waals surface area contributed by atoms with Crippen molar-refractivity contribution in [3.8, 4) is 6.07 Å². The molecule has 1 unspecified atom stereocenters. The third-order valence-electron chi connectivity index (χ3n) is 5.06. The number of aromatic nitrogens is 1. The molecule has 2 aliphatic heterocycles. The molecule has 0 aliphatic carbocycles. The van der Waals surface area contributed by atoms with Gasteiger partial charge in [0.1, 0.15) is 11.9 Å². The molecule has 0 saturated carbocycles. The predicted molar refractivity (Wildman–Crippen MR) is 90.9 cm³/mol. The molecule has 3 rings (SSSR count). The molecule has 2 fully saturated rings. The summed E-state index contributed by atoms with van der Waals surface area (Å²) in [6.45, 7) is 1.46. The van der Waals surface area contributed by atoms with Crippen LogP contribution >= 0.6 is 0 Å². The van der Waals surface area contributed by atoms with E-state index < -0.39 is 12.3 Å². The van der Waals surface area contributed by atoms with E-state index in [2.05, 4.69) is 9.88 Å². The van der Waals surface area contributed by atoms with E-state index in [0.717, 1.165) is 5.82 Å². The Labute approximate surface area is 155 Å². The third-order valence-corrected chi connectivity index (χ3v) is 5.06. The van der Waals surface area contributed by atoms with E-state index in [1.165, 1.54) is 11.1 Å². The van der Waals surface area contributed by atoms with E-state index >= 15 is 0 Å². The first kappa shape index (κ1) is 19.4. The molecule has 2 saturated heterocycles. The number of nitrogens with zero attached hydrogens (tertiary/aromatic N) is 4. The Hall–Kier alpha value is -2.34. The number of halogens is 3. The van der Waals surface area contributed by atoms with Gasteiger partial charge in [-0.25, -0.2) is 4.98 Å². The highest BCUT2D eigenvalue weighted by molar-refractivity contribution is 5.79. The average Bonchev–Trinajstić information content (AvgIpc) is 2.94. The second-order valence-corrected chi connectivity index (χ2v) is 6.79. The second-order valence-electron chi connectivity index (χ2n) is 6.79. The lowest BCUT2D eigenvalue weighted by Crippen LogP contribution is -2.43. The summed E-state index contributed by atoms with van der Waals surface area (Å²) in [6.07, 6.45) is -3.64. The number of alkyl halides is 3. The van der Waals surface area contributed by atoms with Crippen molar-refractivity contribution in [1.82, 2.24) is 9.88 Å². The molecule has 0 aromatic carbocycles. The van der Waals surface area contributed by atoms with Crippen LogP contribution in [0, 0.1) is 17.2 Å². The van der Waals surface area contributed by atoms with Gasteiger partial charge >= 0.3 is 6.18 Å². The molecule has 1 aromatic rings. The quantitative estimate of drug-likeness (QED) is 0.785. The van der Waals surface area contributed by atoms with Crippen LogP contribution in [0.2, 0.25) is 0 Å². The molecule has 1 amide bonds. The molecule has 9 heteroatoms. The number of pyridine rings is 1. The Kier molecular flexibility index (Phi) is 5.85. The summed E-state index contributed by atoms with van der Waals surface area (Å²) >= 11 is 0. The van der Waals surface area contributed by atoms with Crippen LogP contribution in [-0.4, -0.2) is 60.9 Å². The molecular weight excluding hydrogens is 361 g/mol. The second kappa shape index (κ2) is 8.13. The SMILES string of the molecule is N#Cc1ccc(N2CCC(C(=O)N3CCOC(C(F)(F)F)CC3)CC2)nc1. The molecule has 2 aliphatic rings. The lowest BCUT2D eigenvalue weighted by Gasteiger charge is -2.34. The van der Waals surface area contributed by atoms with Crippen LogP contribution in [0.25, 0.3) is 0 Å². The van der Waals surface area contributed by atoms with Crippen LogP contribution in [0.4, 0.5) is 19.0 Å². The zero-order chi connectivity index (χ0) is 19.4. The number of amides is 1. The Morgan fingerprint density at radius 1 is 1.19 bits per heavy atom. The minimum absolute atomic E-state index is 0.0698. The van der Waals surface area contributed by atoms with Crippen molar-refractivity contribution in [2.45, 2.75) is 31.5 Å². The molecule has 0 spiro atoms. The summed E-state index contributed by atoms with van der Waals surface area (Å²) in [7, 11) is 0. The normalized spacial score (nSPS) is 22.2. The van der Waals surface area contributed by atoms with Crippen molar-refractivity contribution in [1.29, 1.82) is 5.26 Å². The highest BCUT2D eigenvalue weighted by Gasteiger charge is 2.42. The smallest absolute Gasteiger partial charge is 0.367 e. The predicted octanol–water partition coefficient (Wildman–Crippen LogP) is 2.35. The molecule has 3 heterocycles. The van der Waals surface area contributed by atoms with Crippen molar-refractivity contribution < 1.29 is 22.7 Å². The third kappa shape index (κ3) is 4.69. The van der Waals surface area contributed by atoms with Crippen molar-refractivity contribution in [2.24, 2.45) is 5.92 Å². The number of rotatable bonds is 2. The number of piperidine rings is 1. The number of nitriles is 1. The van der Waals surface area contributed by atoms with Gasteiger partial charge in [-0.3, -0.25) is 4.79 Å². The van der Waals surface area contributed by atoms with Gasteiger partial charge in [0.05, 0.1) is 12.2 Å². The van der Waals surface area contributed by atoms with Crippen LogP contribution < -0.4 is 4.90 Å². The first-order chi connectivity index (χ1) is 12.9. The Morgan fingerprint density at radius 3 is 2.52 bits per heavy atom. The maximum absolute atomic E-state index is 12.8. The Balaban J connectivity index is 1.53. The van der Waals surface area contributed by atoms with Gasteiger partial charge in [-0.2, -0.15) is 18.4 Å². The van der Waals surface area contributed by atoms with E-state index in [4.69, 9.17) is 10.00 Å². The van der Waals surface area contributed by atoms with Crippen molar-refractivity contribution in [3.63, 3.8) is 0 Å². The van der Waals surface area contributed by atoms with Crippen LogP contribution in [0.1, 0.15) is 24.8 Å². The van der Waals surface area contributed by atoms with Gasteiger partial charge in [0.25, 0.3) is 0 Å². The molecule has 1 aromatic heterocycles. The lowest BCUT2D eigenvalue weighted by atomic mass is 9.95. The number of hydrogen-bond donors (Lipinski definition) is 0. The van der Waals surface area contributed by atoms with E-state index in [1.54, 1.807) is 12.1 Å². The van der Waals surface area contributed by atoms with Gasteiger partial charge in [0, 0.05) is 44.7 Å². The molecule has 0 bridgehead atoms. The molecule has 146 valence electrons. The van der Waals surface area contributed by atoms with E-state index in [-0.39, 0.29) is 37.9 Å². The summed E-state index contributed by atoms with van der Waals surface area (Å²) in [5.41, 5.74) is 0.490. The largest absolute Gasteiger partial charge is 0.414 e. The van der Waals surface area contributed by atoms with Gasteiger partial charge in [-0.05, 0) is 25.0 Å². The van der Waals surface area contributed by atoms with E-state index in [9.17, 15) is 18.0 Å². The molecule has 1 atom stereocenters. The molecule has 27 heavy (non-hydrogen) atoms. The van der Waals surface area contributed by atoms with Crippen molar-refractivity contribution in [2.75, 3.05) is 37.7 Å². The molecule has 6 nitrogen and oxygen atoms in total. The first-order valence-electron chi connectivity index (χ1n) is 8.96. The fourth-order valence-corrected chi connectivity index (χ4v) is 3.50. The number of hydrogen-bond acceptors (Lipinski definition) is 5. The van der Waals surface area contributed by atoms with Crippen LogP contribution in [-0.2, 0) is 9.53 Å². The van der Waals surface area contributed by atoms with Gasteiger partial charge in [-0.15, -0.1) is 0 Å². The van der Waals surface area contributed by atoms with Gasteiger partial charge in [0.15, 0.2) is 6.10 Å². The maximum Gasteiger partial charge on any atom is 0.414 e. The highest BCUT2D eigenvalue weighted by Crippen LogP contribution is 2.28. The minimum Gasteiger partial charge on any atom is -0.367 e. The number of carbonyl (C=O) groups is 1. The molecular formula is C18H21F3N4O2. The zero-order valence-electron chi connectivity index (χ0n) is 14.8. The standard InChI is InChI=1S/C18H21F3N4O2/c19-18(20,21)15-5-8-25(9-10-27-15)17(26)14-3-6-24(7-4-14)16-2-1-13(11-22)12-23-16/h1-2,12,14-15H,3-10H2. The van der Waals surface area contributed by atoms with Crippen molar-refractivity contribution in [3.05, 3.63) is 23.9 Å². The highest BCUT2D eigenvalue weighted by atomic mass is 19.4. The number of ether oxygens (including phenoxy) is 1. The van der Waals surface area contributed by atoms with E-state index in [1.807, 2.05) is 6.07 Å². The summed E-state index contributed by atoms with van der Waals surface area (Å²) < 4.78 is 43.3. The number of anilines is 1. The summed E-state index contributed by atoms with van der Waals surface area (Å²) in [4.78, 5) is 20.5. The zero-order valence-corrected chi connectivity index (χ0v) is 14.8. The van der Waals surface area contributed by atoms with Crippen LogP contribution in [0.15, 0.2) is 18.3 Å². The fraction of sp³-hybridized carbons (Fsp3) is 0.611.